The lowest BCUT2D eigenvalue weighted by Crippen LogP contribution is -2.40. The van der Waals surface area contributed by atoms with E-state index >= 15 is 0 Å². The highest BCUT2D eigenvalue weighted by atomic mass is 35.5. The number of amides is 1. The summed E-state index contributed by atoms with van der Waals surface area (Å²) in [5.74, 6) is 0.208. The molecule has 1 amide bonds. The summed E-state index contributed by atoms with van der Waals surface area (Å²) in [6.07, 6.45) is 3.86. The first-order valence-corrected chi connectivity index (χ1v) is 7.89. The molecule has 0 aliphatic carbocycles. The first-order valence-electron chi connectivity index (χ1n) is 7.51. The number of hydrogen-bond acceptors (Lipinski definition) is 3. The first kappa shape index (κ1) is 14.7. The Morgan fingerprint density at radius 2 is 2.10 bits per heavy atom. The summed E-state index contributed by atoms with van der Waals surface area (Å²) in [6, 6.07) is 6.12. The minimum absolute atomic E-state index is 0.0570. The summed E-state index contributed by atoms with van der Waals surface area (Å²) in [7, 11) is 2.18. The molecule has 0 aromatic heterocycles. The number of benzene rings is 1. The first-order chi connectivity index (χ1) is 10.0. The maximum Gasteiger partial charge on any atom is 0.227 e. The fourth-order valence-corrected chi connectivity index (χ4v) is 3.69. The van der Waals surface area contributed by atoms with Crippen LogP contribution in [0.5, 0.6) is 5.75 Å². The van der Waals surface area contributed by atoms with Gasteiger partial charge in [-0.05, 0) is 44.0 Å². The largest absolute Gasteiger partial charge is 0.506 e. The van der Waals surface area contributed by atoms with Crippen LogP contribution in [-0.2, 0) is 11.2 Å². The molecular weight excluding hydrogens is 288 g/mol. The number of phenols is 1. The Kier molecular flexibility index (Phi) is 4.09. The number of hydrogen-bond donors (Lipinski definition) is 1. The Morgan fingerprint density at radius 3 is 2.86 bits per heavy atom. The van der Waals surface area contributed by atoms with Gasteiger partial charge in [-0.15, -0.1) is 0 Å². The van der Waals surface area contributed by atoms with Crippen molar-refractivity contribution in [2.45, 2.75) is 37.8 Å². The number of carbonyl (C=O) groups excluding carboxylic acids is 1. The molecule has 5 heteroatoms. The highest BCUT2D eigenvalue weighted by Gasteiger charge is 2.35. The molecule has 1 aromatic rings. The third-order valence-corrected chi connectivity index (χ3v) is 5.17. The Hall–Kier alpha value is -1.26. The third-order valence-electron chi connectivity index (χ3n) is 4.87. The van der Waals surface area contributed by atoms with E-state index < -0.39 is 0 Å². The highest BCUT2D eigenvalue weighted by molar-refractivity contribution is 6.32. The highest BCUT2D eigenvalue weighted by Crippen LogP contribution is 2.29. The zero-order valence-electron chi connectivity index (χ0n) is 12.3. The van der Waals surface area contributed by atoms with Crippen LogP contribution < -0.4 is 0 Å². The predicted octanol–water partition coefficient (Wildman–Crippen LogP) is 2.28. The van der Waals surface area contributed by atoms with Gasteiger partial charge in [-0.25, -0.2) is 0 Å². The van der Waals surface area contributed by atoms with Crippen molar-refractivity contribution in [3.05, 3.63) is 28.8 Å². The maximum absolute atomic E-state index is 12.5. The Morgan fingerprint density at radius 1 is 1.33 bits per heavy atom. The van der Waals surface area contributed by atoms with E-state index in [0.29, 0.717) is 23.5 Å². The molecule has 2 atom stereocenters. The van der Waals surface area contributed by atoms with E-state index in [9.17, 15) is 9.90 Å². The Labute approximate surface area is 130 Å². The van der Waals surface area contributed by atoms with Gasteiger partial charge in [0.05, 0.1) is 11.4 Å². The van der Waals surface area contributed by atoms with Gasteiger partial charge in [0.1, 0.15) is 5.75 Å². The molecule has 0 unspecified atom stereocenters. The monoisotopic (exact) mass is 308 g/mol. The third kappa shape index (κ3) is 3.01. The number of likely N-dealkylation sites (N-methyl/N-ethyl adjacent to an activating group) is 1. The van der Waals surface area contributed by atoms with Crippen molar-refractivity contribution < 1.29 is 9.90 Å². The minimum atomic E-state index is 0.0570. The van der Waals surface area contributed by atoms with Crippen molar-refractivity contribution in [3.8, 4) is 5.75 Å². The lowest BCUT2D eigenvalue weighted by atomic mass is 10.1. The van der Waals surface area contributed by atoms with Gasteiger partial charge >= 0.3 is 0 Å². The smallest absolute Gasteiger partial charge is 0.227 e. The second kappa shape index (κ2) is 5.85. The summed E-state index contributed by atoms with van der Waals surface area (Å²) < 4.78 is 0. The fraction of sp³-hybridized carbons (Fsp3) is 0.562. The number of rotatable bonds is 2. The van der Waals surface area contributed by atoms with Crippen molar-refractivity contribution in [2.24, 2.45) is 0 Å². The summed E-state index contributed by atoms with van der Waals surface area (Å²) in [4.78, 5) is 16.9. The van der Waals surface area contributed by atoms with E-state index in [0.717, 1.165) is 25.1 Å². The van der Waals surface area contributed by atoms with Gasteiger partial charge in [-0.3, -0.25) is 9.69 Å². The standard InChI is InChI=1S/C16H21ClN2O2/c1-18-12-3-4-13(18)10-19(7-6-12)16(21)9-11-2-5-15(20)14(17)8-11/h2,5,8,12-13,20H,3-4,6-7,9-10H2,1H3/t12-,13+/m1/s1. The molecule has 2 saturated heterocycles. The van der Waals surface area contributed by atoms with Crippen molar-refractivity contribution in [2.75, 3.05) is 20.1 Å². The van der Waals surface area contributed by atoms with E-state index in [1.165, 1.54) is 12.8 Å². The molecule has 114 valence electrons. The molecule has 0 radical (unpaired) electrons. The minimum Gasteiger partial charge on any atom is -0.506 e. The molecule has 4 nitrogen and oxygen atoms in total. The molecule has 2 fully saturated rings. The van der Waals surface area contributed by atoms with Crippen molar-refractivity contribution in [1.29, 1.82) is 0 Å². The fourth-order valence-electron chi connectivity index (χ4n) is 3.48. The Balaban J connectivity index is 1.66. The normalized spacial score (nSPS) is 25.9. The van der Waals surface area contributed by atoms with Gasteiger partial charge in [-0.1, -0.05) is 17.7 Å². The maximum atomic E-state index is 12.5. The van der Waals surface area contributed by atoms with Crippen molar-refractivity contribution in [3.63, 3.8) is 0 Å². The lowest BCUT2D eigenvalue weighted by Gasteiger charge is -2.26. The molecular formula is C16H21ClN2O2. The van der Waals surface area contributed by atoms with E-state index in [-0.39, 0.29) is 11.7 Å². The number of nitrogens with zero attached hydrogens (tertiary/aromatic N) is 2. The molecule has 21 heavy (non-hydrogen) atoms. The van der Waals surface area contributed by atoms with Crippen LogP contribution in [0.25, 0.3) is 0 Å². The van der Waals surface area contributed by atoms with Gasteiger partial charge in [0.15, 0.2) is 0 Å². The zero-order valence-corrected chi connectivity index (χ0v) is 13.0. The quantitative estimate of drug-likeness (QED) is 0.911. The molecule has 0 spiro atoms. The topological polar surface area (TPSA) is 43.8 Å². The summed E-state index contributed by atoms with van der Waals surface area (Å²) in [6.45, 7) is 1.67. The number of carbonyl (C=O) groups is 1. The van der Waals surface area contributed by atoms with Gasteiger partial charge in [-0.2, -0.15) is 0 Å². The van der Waals surface area contributed by atoms with Crippen LogP contribution in [0.1, 0.15) is 24.8 Å². The SMILES string of the molecule is CN1[C@@H]2CC[C@H]1CN(C(=O)Cc1ccc(O)c(Cl)c1)CC2. The van der Waals surface area contributed by atoms with Gasteiger partial charge in [0, 0.05) is 25.2 Å². The average Bonchev–Trinajstić information content (AvgIpc) is 2.67. The molecule has 2 heterocycles. The molecule has 1 N–H and O–H groups in total. The summed E-state index contributed by atoms with van der Waals surface area (Å²) in [5, 5.41) is 9.73. The van der Waals surface area contributed by atoms with Crippen LogP contribution >= 0.6 is 11.6 Å². The number of halogens is 1. The summed E-state index contributed by atoms with van der Waals surface area (Å²) >= 11 is 5.90. The molecule has 0 saturated carbocycles. The van der Waals surface area contributed by atoms with Crippen molar-refractivity contribution in [1.82, 2.24) is 9.80 Å². The zero-order chi connectivity index (χ0) is 15.0. The van der Waals surface area contributed by atoms with E-state index in [4.69, 9.17) is 11.6 Å². The number of phenolic OH excluding ortho intramolecular Hbond substituents is 1. The number of likely N-dealkylation sites (tertiary alicyclic amines) is 1. The Bertz CT molecular complexity index is 549. The predicted molar refractivity (Wildman–Crippen MR) is 82.6 cm³/mol. The van der Waals surface area contributed by atoms with Crippen LogP contribution in [0.3, 0.4) is 0 Å². The van der Waals surface area contributed by atoms with Crippen LogP contribution in [-0.4, -0.2) is 53.0 Å². The number of aromatic hydroxyl groups is 1. The molecule has 3 rings (SSSR count). The average molecular weight is 309 g/mol. The van der Waals surface area contributed by atoms with E-state index in [1.807, 2.05) is 4.90 Å². The van der Waals surface area contributed by atoms with Crippen LogP contribution in [0.15, 0.2) is 18.2 Å². The molecule has 1 aromatic carbocycles. The number of fused-ring (bicyclic) bond motifs is 2. The van der Waals surface area contributed by atoms with Crippen LogP contribution in [0.4, 0.5) is 0 Å². The van der Waals surface area contributed by atoms with E-state index in [2.05, 4.69) is 11.9 Å². The lowest BCUT2D eigenvalue weighted by molar-refractivity contribution is -0.130. The van der Waals surface area contributed by atoms with E-state index in [1.54, 1.807) is 18.2 Å². The molecule has 2 aliphatic heterocycles. The second-order valence-electron chi connectivity index (χ2n) is 6.14. The van der Waals surface area contributed by atoms with Crippen LogP contribution in [0, 0.1) is 0 Å². The van der Waals surface area contributed by atoms with Crippen molar-refractivity contribution >= 4 is 17.5 Å². The van der Waals surface area contributed by atoms with Gasteiger partial charge in [0.25, 0.3) is 0 Å². The van der Waals surface area contributed by atoms with Gasteiger partial charge in [0.2, 0.25) is 5.91 Å². The summed E-state index contributed by atoms with van der Waals surface area (Å²) in [5.41, 5.74) is 0.852. The second-order valence-corrected chi connectivity index (χ2v) is 6.55. The van der Waals surface area contributed by atoms with Crippen LogP contribution in [0.2, 0.25) is 5.02 Å². The molecule has 2 aliphatic rings. The van der Waals surface area contributed by atoms with Gasteiger partial charge < -0.3 is 10.0 Å². The molecule has 2 bridgehead atoms.